The number of nitrogens with zero attached hydrogens (tertiary/aromatic N) is 2. The summed E-state index contributed by atoms with van der Waals surface area (Å²) in [6.07, 6.45) is 4.45. The largest absolute Gasteiger partial charge is 0.359 e. The Morgan fingerprint density at radius 2 is 2.05 bits per heavy atom. The van der Waals surface area contributed by atoms with Gasteiger partial charge in [0.1, 0.15) is 5.82 Å². The molecule has 2 N–H and O–H groups in total. The van der Waals surface area contributed by atoms with Gasteiger partial charge in [0.25, 0.3) is 0 Å². The lowest BCUT2D eigenvalue weighted by molar-refractivity contribution is 0.858. The summed E-state index contributed by atoms with van der Waals surface area (Å²) in [7, 11) is 0. The van der Waals surface area contributed by atoms with Gasteiger partial charge >= 0.3 is 0 Å². The molecule has 1 fully saturated rings. The molecule has 2 heterocycles. The van der Waals surface area contributed by atoms with Crippen LogP contribution < -0.4 is 10.6 Å². The van der Waals surface area contributed by atoms with Gasteiger partial charge in [0, 0.05) is 24.4 Å². The van der Waals surface area contributed by atoms with E-state index in [-0.39, 0.29) is 6.04 Å². The second-order valence-corrected chi connectivity index (χ2v) is 6.42. The average Bonchev–Trinajstić information content (AvgIpc) is 3.21. The first-order chi connectivity index (χ1) is 10.1. The van der Waals surface area contributed by atoms with Crippen LogP contribution in [0.15, 0.2) is 41.1 Å². The van der Waals surface area contributed by atoms with Gasteiger partial charge in [-0.2, -0.15) is 0 Å². The molecule has 0 spiro atoms. The Hall–Kier alpha value is -1.24. The zero-order valence-electron chi connectivity index (χ0n) is 10.9. The molecule has 2 unspecified atom stereocenters. The van der Waals surface area contributed by atoms with E-state index in [4.69, 9.17) is 23.8 Å². The highest BCUT2D eigenvalue weighted by molar-refractivity contribution is 9.10. The Labute approximate surface area is 141 Å². The SMILES string of the molecule is S=C(Nc1ncccc1Br)NC1CC1c1ncccc1Cl. The van der Waals surface area contributed by atoms with Crippen LogP contribution in [-0.4, -0.2) is 21.1 Å². The number of aromatic nitrogens is 2. The zero-order valence-corrected chi connectivity index (χ0v) is 14.0. The molecule has 3 rings (SSSR count). The Kier molecular flexibility index (Phi) is 4.37. The summed E-state index contributed by atoms with van der Waals surface area (Å²) >= 11 is 14.9. The Morgan fingerprint density at radius 1 is 1.29 bits per heavy atom. The number of hydrogen-bond acceptors (Lipinski definition) is 3. The summed E-state index contributed by atoms with van der Waals surface area (Å²) < 4.78 is 0.870. The van der Waals surface area contributed by atoms with Crippen LogP contribution in [0, 0.1) is 0 Å². The van der Waals surface area contributed by atoms with Crippen molar-refractivity contribution in [3.05, 3.63) is 51.8 Å². The van der Waals surface area contributed by atoms with Crippen molar-refractivity contribution >= 4 is 50.7 Å². The summed E-state index contributed by atoms with van der Waals surface area (Å²) in [6, 6.07) is 7.72. The molecule has 0 bridgehead atoms. The standard InChI is InChI=1S/C14H12BrClN4S/c15-9-3-1-6-18-13(9)20-14(21)19-11-7-8(11)12-10(16)4-2-5-17-12/h1-6,8,11H,7H2,(H2,18,19,20,21). The fraction of sp³-hybridized carbons (Fsp3) is 0.214. The second-order valence-electron chi connectivity index (χ2n) is 4.75. The first-order valence-electron chi connectivity index (χ1n) is 6.43. The lowest BCUT2D eigenvalue weighted by atomic mass is 10.2. The van der Waals surface area contributed by atoms with Crippen LogP contribution in [0.4, 0.5) is 5.82 Å². The molecule has 108 valence electrons. The molecular formula is C14H12BrClN4S. The minimum atomic E-state index is 0.264. The molecular weight excluding hydrogens is 372 g/mol. The first-order valence-corrected chi connectivity index (χ1v) is 8.01. The molecule has 0 amide bonds. The fourth-order valence-corrected chi connectivity index (χ4v) is 2.98. The van der Waals surface area contributed by atoms with Crippen molar-refractivity contribution in [1.82, 2.24) is 15.3 Å². The number of hydrogen-bond donors (Lipinski definition) is 2. The van der Waals surface area contributed by atoms with Crippen LogP contribution >= 0.6 is 39.7 Å². The van der Waals surface area contributed by atoms with Gasteiger partial charge in [0.2, 0.25) is 0 Å². The van der Waals surface area contributed by atoms with Crippen LogP contribution in [0.3, 0.4) is 0 Å². The number of nitrogens with one attached hydrogen (secondary N) is 2. The summed E-state index contributed by atoms with van der Waals surface area (Å²) in [5.74, 6) is 1.01. The molecule has 1 aliphatic rings. The first kappa shape index (κ1) is 14.7. The molecule has 0 aliphatic heterocycles. The number of thiocarbonyl (C=S) groups is 1. The highest BCUT2D eigenvalue weighted by atomic mass is 79.9. The maximum absolute atomic E-state index is 6.16. The topological polar surface area (TPSA) is 49.8 Å². The molecule has 2 aromatic rings. The monoisotopic (exact) mass is 382 g/mol. The fourth-order valence-electron chi connectivity index (χ4n) is 2.12. The molecule has 0 aromatic carbocycles. The quantitative estimate of drug-likeness (QED) is 0.791. The van der Waals surface area contributed by atoms with Crippen LogP contribution in [0.1, 0.15) is 18.0 Å². The van der Waals surface area contributed by atoms with Crippen molar-refractivity contribution < 1.29 is 0 Å². The van der Waals surface area contributed by atoms with Crippen molar-refractivity contribution in [2.45, 2.75) is 18.4 Å². The normalized spacial score (nSPS) is 19.9. The molecule has 4 nitrogen and oxygen atoms in total. The molecule has 7 heteroatoms. The molecule has 1 aliphatic carbocycles. The third kappa shape index (κ3) is 3.51. The Bertz CT molecular complexity index is 682. The molecule has 0 radical (unpaired) electrons. The molecule has 21 heavy (non-hydrogen) atoms. The molecule has 2 aromatic heterocycles. The predicted octanol–water partition coefficient (Wildman–Crippen LogP) is 3.74. The Morgan fingerprint density at radius 3 is 2.81 bits per heavy atom. The van der Waals surface area contributed by atoms with Gasteiger partial charge in [-0.1, -0.05) is 11.6 Å². The summed E-state index contributed by atoms with van der Waals surface area (Å²) in [5, 5.41) is 7.60. The minimum absolute atomic E-state index is 0.264. The van der Waals surface area contributed by atoms with Crippen molar-refractivity contribution in [3.63, 3.8) is 0 Å². The van der Waals surface area contributed by atoms with E-state index in [1.54, 1.807) is 12.4 Å². The summed E-state index contributed by atoms with van der Waals surface area (Å²) in [6.45, 7) is 0. The third-order valence-corrected chi connectivity index (χ3v) is 4.41. The van der Waals surface area contributed by atoms with Gasteiger partial charge in [0.15, 0.2) is 5.11 Å². The Balaban J connectivity index is 1.58. The van der Waals surface area contributed by atoms with Gasteiger partial charge in [-0.05, 0) is 58.8 Å². The number of anilines is 1. The van der Waals surface area contributed by atoms with E-state index < -0.39 is 0 Å². The number of pyridine rings is 2. The van der Waals surface area contributed by atoms with Crippen molar-refractivity contribution in [3.8, 4) is 0 Å². The van der Waals surface area contributed by atoms with E-state index in [1.165, 1.54) is 0 Å². The highest BCUT2D eigenvalue weighted by Gasteiger charge is 2.41. The molecule has 0 saturated heterocycles. The van der Waals surface area contributed by atoms with E-state index in [2.05, 4.69) is 36.5 Å². The maximum atomic E-state index is 6.16. The summed E-state index contributed by atoms with van der Waals surface area (Å²) in [4.78, 5) is 8.56. The van der Waals surface area contributed by atoms with Gasteiger partial charge < -0.3 is 10.6 Å². The van der Waals surface area contributed by atoms with E-state index in [9.17, 15) is 0 Å². The van der Waals surface area contributed by atoms with Crippen molar-refractivity contribution in [1.29, 1.82) is 0 Å². The average molecular weight is 384 g/mol. The van der Waals surface area contributed by atoms with Gasteiger partial charge in [-0.15, -0.1) is 0 Å². The molecule has 2 atom stereocenters. The van der Waals surface area contributed by atoms with Crippen molar-refractivity contribution in [2.75, 3.05) is 5.32 Å². The molecule has 1 saturated carbocycles. The maximum Gasteiger partial charge on any atom is 0.172 e. The zero-order chi connectivity index (χ0) is 14.8. The van der Waals surface area contributed by atoms with Gasteiger partial charge in [-0.3, -0.25) is 4.98 Å². The van der Waals surface area contributed by atoms with Gasteiger partial charge in [0.05, 0.1) is 15.2 Å². The van der Waals surface area contributed by atoms with Gasteiger partial charge in [-0.25, -0.2) is 4.98 Å². The van der Waals surface area contributed by atoms with Crippen LogP contribution in [0.2, 0.25) is 5.02 Å². The van der Waals surface area contributed by atoms with Crippen LogP contribution in [0.25, 0.3) is 0 Å². The van der Waals surface area contributed by atoms with E-state index >= 15 is 0 Å². The summed E-state index contributed by atoms with van der Waals surface area (Å²) in [5.41, 5.74) is 0.929. The van der Waals surface area contributed by atoms with Crippen LogP contribution in [0.5, 0.6) is 0 Å². The minimum Gasteiger partial charge on any atom is -0.359 e. The number of rotatable bonds is 3. The smallest absolute Gasteiger partial charge is 0.172 e. The third-order valence-electron chi connectivity index (χ3n) is 3.24. The highest BCUT2D eigenvalue weighted by Crippen LogP contribution is 2.42. The van der Waals surface area contributed by atoms with Crippen LogP contribution in [-0.2, 0) is 0 Å². The lowest BCUT2D eigenvalue weighted by Gasteiger charge is -2.10. The van der Waals surface area contributed by atoms with E-state index in [0.717, 1.165) is 16.6 Å². The second kappa shape index (κ2) is 6.25. The van der Waals surface area contributed by atoms with E-state index in [0.29, 0.717) is 21.9 Å². The lowest BCUT2D eigenvalue weighted by Crippen LogP contribution is -2.31. The predicted molar refractivity (Wildman–Crippen MR) is 91.7 cm³/mol. The van der Waals surface area contributed by atoms with E-state index in [1.807, 2.05) is 24.3 Å². The van der Waals surface area contributed by atoms with Crippen molar-refractivity contribution in [2.24, 2.45) is 0 Å². The number of halogens is 2.